The number of nitriles is 1. The summed E-state index contributed by atoms with van der Waals surface area (Å²) in [5, 5.41) is 22.1. The maximum absolute atomic E-state index is 13.6. The number of amides is 1. The smallest absolute Gasteiger partial charge is 0.234 e. The topological polar surface area (TPSA) is 138 Å². The first kappa shape index (κ1) is 27.1. The predicted octanol–water partition coefficient (Wildman–Crippen LogP) is 5.37. The summed E-state index contributed by atoms with van der Waals surface area (Å²) in [6.45, 7) is 4.08. The van der Waals surface area contributed by atoms with Crippen LogP contribution in [0.1, 0.15) is 38.2 Å². The van der Waals surface area contributed by atoms with Crippen molar-refractivity contribution in [2.45, 2.75) is 36.9 Å². The zero-order valence-electron chi connectivity index (χ0n) is 21.1. The highest BCUT2D eigenvalue weighted by Crippen LogP contribution is 2.50. The number of ketones is 1. The minimum atomic E-state index is -0.595. The molecule has 0 radical (unpaired) electrons. The molecule has 0 saturated heterocycles. The van der Waals surface area contributed by atoms with E-state index in [4.69, 9.17) is 5.73 Å². The Morgan fingerprint density at radius 1 is 1.28 bits per heavy atom. The second-order valence-corrected chi connectivity index (χ2v) is 13.1. The van der Waals surface area contributed by atoms with Crippen molar-refractivity contribution in [2.24, 2.45) is 11.1 Å². The van der Waals surface area contributed by atoms with Crippen LogP contribution in [0.5, 0.6) is 0 Å². The number of hydrogen-bond acceptors (Lipinski definition) is 10. The molecule has 2 aliphatic rings. The van der Waals surface area contributed by atoms with E-state index in [1.165, 1.54) is 23.1 Å². The number of hydrogen-bond donors (Lipinski definition) is 2. The van der Waals surface area contributed by atoms with Crippen LogP contribution in [0, 0.1) is 16.7 Å². The third-order valence-electron chi connectivity index (χ3n) is 6.44. The molecular weight excluding hydrogens is 598 g/mol. The normalized spacial score (nSPS) is 18.6. The number of halogens is 1. The monoisotopic (exact) mass is 621 g/mol. The standard InChI is InChI=1S/C27H24BrN7O2S2/c1-27(2)10-19-23(20(36)11-27)22(15-4-3-9-31-13-15)18(12-29)24(30)35(19)25-33-34-26(39-25)38-14-21(37)32-17-7-5-16(28)6-8-17/h3-9,13,22H,10-11,14,30H2,1-2H3,(H,32,37). The summed E-state index contributed by atoms with van der Waals surface area (Å²) in [6.07, 6.45) is 4.25. The number of benzene rings is 1. The number of carbonyl (C=O) groups is 2. The minimum Gasteiger partial charge on any atom is -0.384 e. The Morgan fingerprint density at radius 3 is 2.74 bits per heavy atom. The van der Waals surface area contributed by atoms with Gasteiger partial charge in [0.05, 0.1) is 23.3 Å². The number of aromatic nitrogens is 3. The van der Waals surface area contributed by atoms with Crippen molar-refractivity contribution in [1.29, 1.82) is 5.26 Å². The van der Waals surface area contributed by atoms with Crippen molar-refractivity contribution in [1.82, 2.24) is 15.2 Å². The van der Waals surface area contributed by atoms with Crippen LogP contribution in [-0.2, 0) is 9.59 Å². The van der Waals surface area contributed by atoms with E-state index in [9.17, 15) is 14.9 Å². The molecule has 1 unspecified atom stereocenters. The molecule has 2 aromatic heterocycles. The molecule has 5 rings (SSSR count). The SMILES string of the molecule is CC1(C)CC(=O)C2=C(C1)N(c1nnc(SCC(=O)Nc3ccc(Br)cc3)s1)C(N)=C(C#N)C2c1cccnc1. The van der Waals surface area contributed by atoms with E-state index in [1.54, 1.807) is 23.4 Å². The van der Waals surface area contributed by atoms with Crippen molar-refractivity contribution in [2.75, 3.05) is 16.0 Å². The van der Waals surface area contributed by atoms with Crippen LogP contribution in [0.4, 0.5) is 10.8 Å². The van der Waals surface area contributed by atoms with Gasteiger partial charge in [0.15, 0.2) is 10.1 Å². The number of allylic oxidation sites excluding steroid dienone is 3. The van der Waals surface area contributed by atoms with E-state index in [0.717, 1.165) is 15.7 Å². The lowest BCUT2D eigenvalue weighted by molar-refractivity contribution is -0.118. The lowest BCUT2D eigenvalue weighted by atomic mass is 9.69. The summed E-state index contributed by atoms with van der Waals surface area (Å²) >= 11 is 5.89. The maximum Gasteiger partial charge on any atom is 0.234 e. The van der Waals surface area contributed by atoms with Crippen molar-refractivity contribution in [3.05, 3.63) is 81.5 Å². The highest BCUT2D eigenvalue weighted by molar-refractivity contribution is 9.10. The third-order valence-corrected chi connectivity index (χ3v) is 9.01. The van der Waals surface area contributed by atoms with Crippen LogP contribution in [0.2, 0.25) is 0 Å². The predicted molar refractivity (Wildman–Crippen MR) is 155 cm³/mol. The van der Waals surface area contributed by atoms with Gasteiger partial charge in [-0.15, -0.1) is 10.2 Å². The molecule has 12 heteroatoms. The van der Waals surface area contributed by atoms with E-state index in [2.05, 4.69) is 42.5 Å². The van der Waals surface area contributed by atoms with Crippen LogP contribution in [0.15, 0.2) is 80.3 Å². The highest BCUT2D eigenvalue weighted by Gasteiger charge is 2.45. The van der Waals surface area contributed by atoms with E-state index in [-0.39, 0.29) is 34.3 Å². The Balaban J connectivity index is 1.45. The molecule has 0 spiro atoms. The zero-order chi connectivity index (χ0) is 27.7. The first-order valence-electron chi connectivity index (χ1n) is 12.0. The number of nitrogens with one attached hydrogen (secondary N) is 1. The average molecular weight is 623 g/mol. The quantitative estimate of drug-likeness (QED) is 0.348. The van der Waals surface area contributed by atoms with Gasteiger partial charge in [0.2, 0.25) is 11.0 Å². The number of anilines is 2. The Morgan fingerprint density at radius 2 is 2.05 bits per heavy atom. The summed E-state index contributed by atoms with van der Waals surface area (Å²) in [4.78, 5) is 31.9. The van der Waals surface area contributed by atoms with E-state index in [0.29, 0.717) is 33.6 Å². The van der Waals surface area contributed by atoms with Gasteiger partial charge in [0.1, 0.15) is 5.82 Å². The van der Waals surface area contributed by atoms with E-state index >= 15 is 0 Å². The lowest BCUT2D eigenvalue weighted by Gasteiger charge is -2.42. The number of nitrogens with zero attached hydrogens (tertiary/aromatic N) is 5. The molecule has 1 aromatic carbocycles. The van der Waals surface area contributed by atoms with E-state index in [1.807, 2.05) is 44.2 Å². The van der Waals surface area contributed by atoms with Crippen LogP contribution in [0.3, 0.4) is 0 Å². The van der Waals surface area contributed by atoms with Gasteiger partial charge in [-0.2, -0.15) is 5.26 Å². The lowest BCUT2D eigenvalue weighted by Crippen LogP contribution is -2.42. The number of Topliss-reactive ketones (excluding diaryl/α,β-unsaturated/α-hetero) is 1. The van der Waals surface area contributed by atoms with Gasteiger partial charge in [-0.25, -0.2) is 0 Å². The second kappa shape index (κ2) is 10.9. The van der Waals surface area contributed by atoms with Gasteiger partial charge in [-0.05, 0) is 47.7 Å². The van der Waals surface area contributed by atoms with Crippen molar-refractivity contribution in [3.63, 3.8) is 0 Å². The number of rotatable bonds is 6. The number of thioether (sulfide) groups is 1. The fourth-order valence-electron chi connectivity index (χ4n) is 4.82. The summed E-state index contributed by atoms with van der Waals surface area (Å²) in [7, 11) is 0. The van der Waals surface area contributed by atoms with Gasteiger partial charge >= 0.3 is 0 Å². The van der Waals surface area contributed by atoms with Crippen molar-refractivity contribution in [3.8, 4) is 6.07 Å². The molecule has 1 aliphatic carbocycles. The van der Waals surface area contributed by atoms with Crippen molar-refractivity contribution >= 4 is 61.5 Å². The van der Waals surface area contributed by atoms with Crippen LogP contribution < -0.4 is 16.0 Å². The average Bonchev–Trinajstić information content (AvgIpc) is 3.36. The molecule has 1 aliphatic heterocycles. The molecule has 3 aromatic rings. The molecule has 0 saturated carbocycles. The summed E-state index contributed by atoms with van der Waals surface area (Å²) < 4.78 is 1.50. The summed E-state index contributed by atoms with van der Waals surface area (Å²) in [5.41, 5.74) is 9.32. The van der Waals surface area contributed by atoms with Gasteiger partial charge in [-0.1, -0.05) is 58.9 Å². The molecule has 39 heavy (non-hydrogen) atoms. The molecule has 1 atom stereocenters. The van der Waals surface area contributed by atoms with Gasteiger partial charge in [0, 0.05) is 40.2 Å². The highest BCUT2D eigenvalue weighted by atomic mass is 79.9. The number of nitrogens with two attached hydrogens (primary N) is 1. The molecule has 3 N–H and O–H groups in total. The van der Waals surface area contributed by atoms with Crippen LogP contribution in [-0.4, -0.2) is 32.6 Å². The van der Waals surface area contributed by atoms with Crippen LogP contribution in [0.25, 0.3) is 0 Å². The molecule has 198 valence electrons. The largest absolute Gasteiger partial charge is 0.384 e. The summed E-state index contributed by atoms with van der Waals surface area (Å²) in [6, 6.07) is 13.2. The molecule has 9 nitrogen and oxygen atoms in total. The molecular formula is C27H24BrN7O2S2. The third kappa shape index (κ3) is 5.61. The zero-order valence-corrected chi connectivity index (χ0v) is 24.4. The Bertz CT molecular complexity index is 1540. The fraction of sp³-hybridized carbons (Fsp3) is 0.259. The first-order chi connectivity index (χ1) is 18.7. The molecule has 0 bridgehead atoms. The maximum atomic E-state index is 13.6. The Hall–Kier alpha value is -3.53. The molecule has 1 amide bonds. The summed E-state index contributed by atoms with van der Waals surface area (Å²) in [5.74, 6) is -0.433. The second-order valence-electron chi connectivity index (χ2n) is 9.96. The van der Waals surface area contributed by atoms with Gasteiger partial charge in [-0.3, -0.25) is 19.5 Å². The molecule has 3 heterocycles. The Labute approximate surface area is 242 Å². The van der Waals surface area contributed by atoms with Crippen molar-refractivity contribution < 1.29 is 9.59 Å². The molecule has 0 fully saturated rings. The van der Waals surface area contributed by atoms with Crippen LogP contribution >= 0.6 is 39.0 Å². The number of carbonyl (C=O) groups excluding carboxylic acids is 2. The van der Waals surface area contributed by atoms with Gasteiger partial charge < -0.3 is 11.1 Å². The fourth-order valence-corrected chi connectivity index (χ4v) is 6.76. The van der Waals surface area contributed by atoms with E-state index < -0.39 is 5.92 Å². The minimum absolute atomic E-state index is 0.0240. The van der Waals surface area contributed by atoms with Gasteiger partial charge in [0.25, 0.3) is 0 Å². The number of pyridine rings is 1. The first-order valence-corrected chi connectivity index (χ1v) is 14.6. The Kier molecular flexibility index (Phi) is 7.57.